The number of carbonyl (C=O) groups is 5. The summed E-state index contributed by atoms with van der Waals surface area (Å²) in [6.07, 6.45) is 0.00914. The van der Waals surface area contributed by atoms with Gasteiger partial charge in [-0.25, -0.2) is 0 Å². The van der Waals surface area contributed by atoms with Crippen molar-refractivity contribution >= 4 is 29.8 Å². The number of ether oxygens (including phenoxy) is 7. The molecule has 1 aromatic carbocycles. The summed E-state index contributed by atoms with van der Waals surface area (Å²) in [7, 11) is 0. The average Bonchev–Trinajstić information content (AvgIpc) is 3.58. The summed E-state index contributed by atoms with van der Waals surface area (Å²) in [5, 5.41) is 2.96. The molecule has 1 aromatic rings. The molecular formula is C43H72N4O12. The van der Waals surface area contributed by atoms with Gasteiger partial charge in [-0.15, -0.1) is 0 Å². The van der Waals surface area contributed by atoms with E-state index in [1.54, 1.807) is 97.8 Å². The van der Waals surface area contributed by atoms with Gasteiger partial charge in [0.1, 0.15) is 28.4 Å². The van der Waals surface area contributed by atoms with Crippen molar-refractivity contribution in [2.45, 2.75) is 131 Å². The number of hydrogen-bond acceptors (Lipinski definition) is 15. The van der Waals surface area contributed by atoms with E-state index in [0.29, 0.717) is 19.6 Å². The molecule has 1 fully saturated rings. The Morgan fingerprint density at radius 2 is 1.05 bits per heavy atom. The number of nitrogens with zero attached hydrogens (tertiary/aromatic N) is 3. The van der Waals surface area contributed by atoms with E-state index in [0.717, 1.165) is 5.56 Å². The fraction of sp³-hybridized carbons (Fsp3) is 0.744. The Morgan fingerprint density at radius 1 is 0.627 bits per heavy atom. The van der Waals surface area contributed by atoms with Gasteiger partial charge >= 0.3 is 23.9 Å². The van der Waals surface area contributed by atoms with Gasteiger partial charge in [-0.05, 0) is 88.6 Å². The van der Waals surface area contributed by atoms with Crippen molar-refractivity contribution in [3.05, 3.63) is 35.9 Å². The van der Waals surface area contributed by atoms with Crippen molar-refractivity contribution in [1.82, 2.24) is 20.0 Å². The predicted molar refractivity (Wildman–Crippen MR) is 221 cm³/mol. The third-order valence-corrected chi connectivity index (χ3v) is 8.01. The maximum absolute atomic E-state index is 14.0. The van der Waals surface area contributed by atoms with Crippen LogP contribution in [0.25, 0.3) is 0 Å². The maximum Gasteiger partial charge on any atom is 0.320 e. The first-order valence-corrected chi connectivity index (χ1v) is 20.5. The summed E-state index contributed by atoms with van der Waals surface area (Å²) < 4.78 is 39.7. The molecule has 0 spiro atoms. The van der Waals surface area contributed by atoms with Crippen molar-refractivity contribution in [3.63, 3.8) is 0 Å². The van der Waals surface area contributed by atoms with E-state index in [4.69, 9.17) is 33.2 Å². The van der Waals surface area contributed by atoms with Gasteiger partial charge in [0.25, 0.3) is 0 Å². The Kier molecular flexibility index (Phi) is 20.9. The van der Waals surface area contributed by atoms with E-state index in [1.807, 2.05) is 30.3 Å². The summed E-state index contributed by atoms with van der Waals surface area (Å²) in [5.41, 5.74) is -2.15. The molecule has 0 aromatic heterocycles. The number of amides is 1. The molecule has 1 aliphatic rings. The lowest BCUT2D eigenvalue weighted by atomic mass is 10.2. The standard InChI is InChI=1S/C43H72N4O12/c1-40(2,3)56-34(48)26-45(20-21-46(27-35(49)57-41(4,5)6)28-36(50)58-42(7,8)9)22-23-47(29-37(51)59-43(10,11)12)33(31-53-30-32-16-14-13-15-17-32)39(52)44-19-18-38-54-24-25-55-38/h13-17,33,38H,18-31H2,1-12H3,(H,44,52). The van der Waals surface area contributed by atoms with E-state index in [1.165, 1.54) is 0 Å². The van der Waals surface area contributed by atoms with Gasteiger partial charge in [0.2, 0.25) is 5.91 Å². The monoisotopic (exact) mass is 837 g/mol. The minimum Gasteiger partial charge on any atom is -0.459 e. The van der Waals surface area contributed by atoms with Crippen molar-refractivity contribution in [2.24, 2.45) is 0 Å². The number of nitrogens with one attached hydrogen (secondary N) is 1. The third-order valence-electron chi connectivity index (χ3n) is 8.01. The molecular weight excluding hydrogens is 764 g/mol. The van der Waals surface area contributed by atoms with E-state index in [9.17, 15) is 24.0 Å². The molecule has 16 heteroatoms. The number of rotatable bonds is 23. The van der Waals surface area contributed by atoms with Crippen LogP contribution in [0.4, 0.5) is 0 Å². The van der Waals surface area contributed by atoms with E-state index in [-0.39, 0.29) is 78.0 Å². The Morgan fingerprint density at radius 3 is 1.53 bits per heavy atom. The van der Waals surface area contributed by atoms with Crippen molar-refractivity contribution < 1.29 is 57.1 Å². The van der Waals surface area contributed by atoms with E-state index in [2.05, 4.69) is 5.32 Å². The van der Waals surface area contributed by atoms with Gasteiger partial charge < -0.3 is 38.5 Å². The molecule has 0 bridgehead atoms. The molecule has 1 atom stereocenters. The lowest BCUT2D eigenvalue weighted by Crippen LogP contribution is -2.54. The number of carbonyl (C=O) groups excluding carboxylic acids is 5. The fourth-order valence-electron chi connectivity index (χ4n) is 5.80. The van der Waals surface area contributed by atoms with Crippen LogP contribution in [0, 0.1) is 0 Å². The Bertz CT molecular complexity index is 1430. The summed E-state index contributed by atoms with van der Waals surface area (Å²) in [4.78, 5) is 71.8. The highest BCUT2D eigenvalue weighted by Gasteiger charge is 2.32. The van der Waals surface area contributed by atoms with Crippen LogP contribution < -0.4 is 5.32 Å². The molecule has 0 radical (unpaired) electrons. The van der Waals surface area contributed by atoms with Crippen LogP contribution in [-0.4, -0.2) is 158 Å². The molecule has 0 saturated carbocycles. The predicted octanol–water partition coefficient (Wildman–Crippen LogP) is 3.72. The number of benzene rings is 1. The van der Waals surface area contributed by atoms with Gasteiger partial charge in [-0.2, -0.15) is 0 Å². The number of hydrogen-bond donors (Lipinski definition) is 1. The highest BCUT2D eigenvalue weighted by atomic mass is 16.7. The smallest absolute Gasteiger partial charge is 0.320 e. The van der Waals surface area contributed by atoms with Crippen LogP contribution in [-0.2, 0) is 63.7 Å². The first-order valence-electron chi connectivity index (χ1n) is 20.5. The number of esters is 4. The first-order chi connectivity index (χ1) is 27.3. The molecule has 2 rings (SSSR count). The third kappa shape index (κ3) is 24.9. The first kappa shape index (κ1) is 51.5. The van der Waals surface area contributed by atoms with E-state index < -0.39 is 58.6 Å². The Labute approximate surface area is 351 Å². The highest BCUT2D eigenvalue weighted by molar-refractivity contribution is 5.83. The zero-order chi connectivity index (χ0) is 44.4. The van der Waals surface area contributed by atoms with Crippen LogP contribution in [0.1, 0.15) is 95.1 Å². The molecule has 1 N–H and O–H groups in total. The summed E-state index contributed by atoms with van der Waals surface area (Å²) in [6.45, 7) is 22.3. The summed E-state index contributed by atoms with van der Waals surface area (Å²) in [6, 6.07) is 8.57. The Balaban J connectivity index is 2.43. The minimum absolute atomic E-state index is 0.0639. The van der Waals surface area contributed by atoms with Gasteiger partial charge in [-0.3, -0.25) is 38.7 Å². The zero-order valence-electron chi connectivity index (χ0n) is 37.7. The molecule has 1 aliphatic heterocycles. The summed E-state index contributed by atoms with van der Waals surface area (Å²) in [5.74, 6) is -2.49. The normalized spacial score (nSPS) is 14.7. The van der Waals surface area contributed by atoms with Gasteiger partial charge in [0, 0.05) is 39.1 Å². The molecule has 1 unspecified atom stereocenters. The van der Waals surface area contributed by atoms with Crippen LogP contribution >= 0.6 is 0 Å². The minimum atomic E-state index is -0.948. The summed E-state index contributed by atoms with van der Waals surface area (Å²) >= 11 is 0. The topological polar surface area (TPSA) is 172 Å². The van der Waals surface area contributed by atoms with Crippen LogP contribution in [0.3, 0.4) is 0 Å². The molecule has 59 heavy (non-hydrogen) atoms. The van der Waals surface area contributed by atoms with E-state index >= 15 is 0 Å². The van der Waals surface area contributed by atoms with Crippen LogP contribution in [0.15, 0.2) is 30.3 Å². The van der Waals surface area contributed by atoms with Gasteiger partial charge in [0.15, 0.2) is 6.29 Å². The second-order valence-electron chi connectivity index (χ2n) is 18.6. The van der Waals surface area contributed by atoms with Crippen LogP contribution in [0.2, 0.25) is 0 Å². The van der Waals surface area contributed by atoms with Crippen molar-refractivity contribution in [3.8, 4) is 0 Å². The maximum atomic E-state index is 14.0. The second-order valence-corrected chi connectivity index (χ2v) is 18.6. The molecule has 1 heterocycles. The molecule has 336 valence electrons. The molecule has 1 amide bonds. The fourth-order valence-corrected chi connectivity index (χ4v) is 5.80. The molecule has 1 saturated heterocycles. The largest absolute Gasteiger partial charge is 0.459 e. The molecule has 16 nitrogen and oxygen atoms in total. The van der Waals surface area contributed by atoms with Gasteiger partial charge in [-0.1, -0.05) is 30.3 Å². The quantitative estimate of drug-likeness (QED) is 0.125. The van der Waals surface area contributed by atoms with Crippen molar-refractivity contribution in [2.75, 3.05) is 78.7 Å². The average molecular weight is 837 g/mol. The highest BCUT2D eigenvalue weighted by Crippen LogP contribution is 2.14. The lowest BCUT2D eigenvalue weighted by molar-refractivity contribution is -0.161. The zero-order valence-corrected chi connectivity index (χ0v) is 37.7. The second kappa shape index (κ2) is 23.9. The van der Waals surface area contributed by atoms with Crippen LogP contribution in [0.5, 0.6) is 0 Å². The van der Waals surface area contributed by atoms with Crippen molar-refractivity contribution in [1.29, 1.82) is 0 Å². The Hall–Kier alpha value is -3.67. The lowest BCUT2D eigenvalue weighted by Gasteiger charge is -2.34. The van der Waals surface area contributed by atoms with Gasteiger partial charge in [0.05, 0.1) is 52.6 Å². The SMILES string of the molecule is CC(C)(C)OC(=O)CN(CCN(CC(=O)OC(C)(C)C)CC(=O)OC(C)(C)C)CCN(CC(=O)OC(C)(C)C)C(COCc1ccccc1)C(=O)NCCC1OCCO1. The molecule has 0 aliphatic carbocycles.